The largest absolute Gasteiger partial charge is 0.325 e. The molecule has 0 saturated carbocycles. The van der Waals surface area contributed by atoms with Crippen molar-refractivity contribution in [1.82, 2.24) is 14.8 Å². The van der Waals surface area contributed by atoms with E-state index in [4.69, 9.17) is 11.6 Å². The number of nitrogens with zero attached hydrogens (tertiary/aromatic N) is 3. The van der Waals surface area contributed by atoms with Gasteiger partial charge in [-0.1, -0.05) is 48.5 Å². The monoisotopic (exact) mass is 400 g/mol. The van der Waals surface area contributed by atoms with Crippen LogP contribution < -0.4 is 5.32 Å². The summed E-state index contributed by atoms with van der Waals surface area (Å²) in [6, 6.07) is 13.7. The second kappa shape index (κ2) is 8.59. The average molecular weight is 401 g/mol. The first-order chi connectivity index (χ1) is 13.0. The first kappa shape index (κ1) is 19.5. The number of aromatic nitrogens is 3. The minimum absolute atomic E-state index is 0.112. The number of anilines is 1. The molecule has 0 aliphatic carbocycles. The van der Waals surface area contributed by atoms with E-state index in [-0.39, 0.29) is 11.7 Å². The standard InChI is InChI=1S/C20H21ClN4OS/c1-4-15-8-10-16(11-9-15)25-14(3)23-24-20(25)27-12-19(26)22-18-7-5-6-17(21)13(18)2/h5-11H,4,12H2,1-3H3,(H,22,26). The molecule has 140 valence electrons. The number of carbonyl (C=O) groups excluding carboxylic acids is 1. The van der Waals surface area contributed by atoms with Gasteiger partial charge in [0.1, 0.15) is 5.82 Å². The maximum Gasteiger partial charge on any atom is 0.234 e. The summed E-state index contributed by atoms with van der Waals surface area (Å²) in [5.41, 5.74) is 3.84. The van der Waals surface area contributed by atoms with E-state index in [0.29, 0.717) is 10.2 Å². The van der Waals surface area contributed by atoms with E-state index in [1.807, 2.05) is 30.5 Å². The lowest BCUT2D eigenvalue weighted by molar-refractivity contribution is -0.113. The van der Waals surface area contributed by atoms with Crippen LogP contribution in [0.3, 0.4) is 0 Å². The molecule has 0 atom stereocenters. The molecule has 2 aromatic carbocycles. The molecule has 1 amide bonds. The van der Waals surface area contributed by atoms with Crippen molar-refractivity contribution in [2.75, 3.05) is 11.1 Å². The molecule has 7 heteroatoms. The van der Waals surface area contributed by atoms with Crippen LogP contribution in [-0.4, -0.2) is 26.4 Å². The molecule has 27 heavy (non-hydrogen) atoms. The third kappa shape index (κ3) is 4.51. The molecular weight excluding hydrogens is 380 g/mol. The average Bonchev–Trinajstić information content (AvgIpc) is 3.04. The van der Waals surface area contributed by atoms with Gasteiger partial charge in [-0.25, -0.2) is 0 Å². The number of rotatable bonds is 6. The van der Waals surface area contributed by atoms with Crippen LogP contribution in [0.25, 0.3) is 5.69 Å². The molecule has 0 bridgehead atoms. The van der Waals surface area contributed by atoms with Gasteiger partial charge in [0.25, 0.3) is 0 Å². The van der Waals surface area contributed by atoms with Crippen LogP contribution in [0.4, 0.5) is 5.69 Å². The fourth-order valence-electron chi connectivity index (χ4n) is 2.67. The number of nitrogens with one attached hydrogen (secondary N) is 1. The molecule has 0 radical (unpaired) electrons. The van der Waals surface area contributed by atoms with Crippen molar-refractivity contribution in [2.24, 2.45) is 0 Å². The highest BCUT2D eigenvalue weighted by Gasteiger charge is 2.14. The van der Waals surface area contributed by atoms with Crippen molar-refractivity contribution in [3.8, 4) is 5.69 Å². The molecule has 5 nitrogen and oxygen atoms in total. The summed E-state index contributed by atoms with van der Waals surface area (Å²) in [5, 5.41) is 12.6. The first-order valence-corrected chi connectivity index (χ1v) is 10.0. The Labute approximate surface area is 168 Å². The quantitative estimate of drug-likeness (QED) is 0.602. The predicted molar refractivity (Wildman–Crippen MR) is 111 cm³/mol. The number of hydrogen-bond donors (Lipinski definition) is 1. The van der Waals surface area contributed by atoms with Crippen LogP contribution in [0, 0.1) is 13.8 Å². The van der Waals surface area contributed by atoms with Crippen molar-refractivity contribution >= 4 is 35.0 Å². The molecule has 3 rings (SSSR count). The maximum absolute atomic E-state index is 12.4. The van der Waals surface area contributed by atoms with E-state index in [0.717, 1.165) is 29.2 Å². The fraction of sp³-hybridized carbons (Fsp3) is 0.250. The van der Waals surface area contributed by atoms with Gasteiger partial charge in [-0.05, 0) is 55.7 Å². The minimum atomic E-state index is -0.112. The lowest BCUT2D eigenvalue weighted by Gasteiger charge is -2.11. The van der Waals surface area contributed by atoms with Gasteiger partial charge in [0.2, 0.25) is 5.91 Å². The zero-order valence-electron chi connectivity index (χ0n) is 15.5. The second-order valence-electron chi connectivity index (χ2n) is 6.13. The van der Waals surface area contributed by atoms with E-state index in [1.54, 1.807) is 6.07 Å². The summed E-state index contributed by atoms with van der Waals surface area (Å²) in [4.78, 5) is 12.4. The highest BCUT2D eigenvalue weighted by molar-refractivity contribution is 7.99. The van der Waals surface area contributed by atoms with Crippen LogP contribution in [-0.2, 0) is 11.2 Å². The summed E-state index contributed by atoms with van der Waals surface area (Å²) in [5.74, 6) is 0.906. The van der Waals surface area contributed by atoms with Crippen LogP contribution in [0.2, 0.25) is 5.02 Å². The zero-order valence-corrected chi connectivity index (χ0v) is 17.1. The van der Waals surface area contributed by atoms with Gasteiger partial charge in [0.15, 0.2) is 5.16 Å². The summed E-state index contributed by atoms with van der Waals surface area (Å²) >= 11 is 7.46. The highest BCUT2D eigenvalue weighted by Crippen LogP contribution is 2.25. The minimum Gasteiger partial charge on any atom is -0.325 e. The number of thioether (sulfide) groups is 1. The summed E-state index contributed by atoms with van der Waals surface area (Å²) < 4.78 is 1.96. The van der Waals surface area contributed by atoms with Crippen molar-refractivity contribution in [2.45, 2.75) is 32.3 Å². The lowest BCUT2D eigenvalue weighted by Crippen LogP contribution is -2.15. The van der Waals surface area contributed by atoms with Crippen molar-refractivity contribution in [3.05, 3.63) is 64.4 Å². The van der Waals surface area contributed by atoms with E-state index >= 15 is 0 Å². The highest BCUT2D eigenvalue weighted by atomic mass is 35.5. The van der Waals surface area contributed by atoms with Crippen molar-refractivity contribution in [3.63, 3.8) is 0 Å². The van der Waals surface area contributed by atoms with E-state index < -0.39 is 0 Å². The number of halogens is 1. The molecule has 0 saturated heterocycles. The van der Waals surface area contributed by atoms with Crippen LogP contribution in [0.15, 0.2) is 47.6 Å². The van der Waals surface area contributed by atoms with E-state index in [1.165, 1.54) is 17.3 Å². The van der Waals surface area contributed by atoms with Crippen LogP contribution in [0.5, 0.6) is 0 Å². The molecule has 3 aromatic rings. The Morgan fingerprint density at radius 3 is 2.59 bits per heavy atom. The number of aryl methyl sites for hydroxylation is 2. The number of amides is 1. The predicted octanol–water partition coefficient (Wildman–Crippen LogP) is 4.83. The number of hydrogen-bond acceptors (Lipinski definition) is 4. The second-order valence-corrected chi connectivity index (χ2v) is 7.48. The van der Waals surface area contributed by atoms with Crippen molar-refractivity contribution < 1.29 is 4.79 Å². The Kier molecular flexibility index (Phi) is 6.19. The van der Waals surface area contributed by atoms with E-state index in [9.17, 15) is 4.79 Å². The van der Waals surface area contributed by atoms with Crippen LogP contribution in [0.1, 0.15) is 23.9 Å². The van der Waals surface area contributed by atoms with Crippen molar-refractivity contribution in [1.29, 1.82) is 0 Å². The maximum atomic E-state index is 12.4. The molecule has 0 fully saturated rings. The molecule has 1 aromatic heterocycles. The van der Waals surface area contributed by atoms with Gasteiger partial charge in [0, 0.05) is 16.4 Å². The topological polar surface area (TPSA) is 59.8 Å². The molecular formula is C20H21ClN4OS. The molecule has 1 heterocycles. The van der Waals surface area contributed by atoms with Gasteiger partial charge in [-0.15, -0.1) is 10.2 Å². The Morgan fingerprint density at radius 1 is 1.15 bits per heavy atom. The Morgan fingerprint density at radius 2 is 1.89 bits per heavy atom. The lowest BCUT2D eigenvalue weighted by atomic mass is 10.1. The summed E-state index contributed by atoms with van der Waals surface area (Å²) in [6.45, 7) is 5.91. The summed E-state index contributed by atoms with van der Waals surface area (Å²) in [7, 11) is 0. The summed E-state index contributed by atoms with van der Waals surface area (Å²) in [6.07, 6.45) is 0.992. The zero-order chi connectivity index (χ0) is 19.4. The first-order valence-electron chi connectivity index (χ1n) is 8.68. The van der Waals surface area contributed by atoms with Gasteiger partial charge in [-0.2, -0.15) is 0 Å². The third-order valence-corrected chi connectivity index (χ3v) is 5.61. The molecule has 0 spiro atoms. The van der Waals surface area contributed by atoms with Gasteiger partial charge < -0.3 is 5.32 Å². The van der Waals surface area contributed by atoms with Crippen LogP contribution >= 0.6 is 23.4 Å². The smallest absolute Gasteiger partial charge is 0.234 e. The van der Waals surface area contributed by atoms with Gasteiger partial charge in [-0.3, -0.25) is 9.36 Å². The third-order valence-electron chi connectivity index (χ3n) is 4.27. The fourth-order valence-corrected chi connectivity index (χ4v) is 3.65. The SMILES string of the molecule is CCc1ccc(-n2c(C)nnc2SCC(=O)Nc2cccc(Cl)c2C)cc1. The Hall–Kier alpha value is -2.31. The van der Waals surface area contributed by atoms with E-state index in [2.05, 4.69) is 46.7 Å². The molecule has 0 aliphatic rings. The number of carbonyl (C=O) groups is 1. The molecule has 0 aliphatic heterocycles. The van der Waals surface area contributed by atoms with Gasteiger partial charge >= 0.3 is 0 Å². The van der Waals surface area contributed by atoms with Gasteiger partial charge in [0.05, 0.1) is 5.75 Å². The number of benzene rings is 2. The molecule has 0 unspecified atom stereocenters. The Bertz CT molecular complexity index is 953. The molecule has 1 N–H and O–H groups in total. The normalized spacial score (nSPS) is 10.8. The Balaban J connectivity index is 1.71.